The molecule has 202 valence electrons. The first kappa shape index (κ1) is 27.6. The van der Waals surface area contributed by atoms with Gasteiger partial charge in [0, 0.05) is 38.6 Å². The molecule has 0 N–H and O–H groups in total. The molecule has 0 aromatic heterocycles. The third kappa shape index (κ3) is 8.52. The molecule has 2 aliphatic rings. The fourth-order valence-electron chi connectivity index (χ4n) is 5.07. The van der Waals surface area contributed by atoms with E-state index in [0.717, 1.165) is 68.8 Å². The van der Waals surface area contributed by atoms with Crippen molar-refractivity contribution in [3.63, 3.8) is 0 Å². The molecule has 1 amide bonds. The SMILES string of the molecule is CC(C)Oc1ccc(CC(=O)N(Cc2ccc(F)cc2)C2CCN(CCC3OCC[C@H](C)O3)CC2)cc1. The summed E-state index contributed by atoms with van der Waals surface area (Å²) in [6.07, 6.45) is 4.23. The molecule has 1 unspecified atom stereocenters. The summed E-state index contributed by atoms with van der Waals surface area (Å²) in [6.45, 7) is 10.1. The zero-order valence-electron chi connectivity index (χ0n) is 22.4. The van der Waals surface area contributed by atoms with E-state index in [1.807, 2.05) is 43.0 Å². The molecule has 2 aliphatic heterocycles. The second-order valence-corrected chi connectivity index (χ2v) is 10.5. The lowest BCUT2D eigenvalue weighted by atomic mass is 10.0. The van der Waals surface area contributed by atoms with Crippen molar-refractivity contribution in [3.8, 4) is 5.75 Å². The van der Waals surface area contributed by atoms with Crippen LogP contribution in [0.25, 0.3) is 0 Å². The second kappa shape index (κ2) is 13.4. The van der Waals surface area contributed by atoms with Crippen LogP contribution in [0.1, 0.15) is 57.6 Å². The van der Waals surface area contributed by atoms with E-state index in [1.54, 1.807) is 12.1 Å². The Labute approximate surface area is 220 Å². The number of hydrogen-bond donors (Lipinski definition) is 0. The average molecular weight is 513 g/mol. The van der Waals surface area contributed by atoms with Crippen LogP contribution in [-0.4, -0.2) is 66.5 Å². The lowest BCUT2D eigenvalue weighted by Crippen LogP contribution is -2.48. The van der Waals surface area contributed by atoms with Crippen LogP contribution in [-0.2, 0) is 27.2 Å². The van der Waals surface area contributed by atoms with E-state index in [4.69, 9.17) is 14.2 Å². The Balaban J connectivity index is 1.36. The van der Waals surface area contributed by atoms with E-state index in [2.05, 4.69) is 11.8 Å². The number of carbonyl (C=O) groups excluding carboxylic acids is 1. The maximum atomic E-state index is 13.6. The van der Waals surface area contributed by atoms with Crippen LogP contribution in [0.15, 0.2) is 48.5 Å². The van der Waals surface area contributed by atoms with Crippen LogP contribution < -0.4 is 4.74 Å². The van der Waals surface area contributed by atoms with Gasteiger partial charge in [0.05, 0.1) is 25.2 Å². The van der Waals surface area contributed by atoms with Gasteiger partial charge in [0.25, 0.3) is 0 Å². The topological polar surface area (TPSA) is 51.2 Å². The van der Waals surface area contributed by atoms with Crippen molar-refractivity contribution in [2.24, 2.45) is 0 Å². The van der Waals surface area contributed by atoms with E-state index in [9.17, 15) is 9.18 Å². The molecule has 2 saturated heterocycles. The minimum Gasteiger partial charge on any atom is -0.491 e. The lowest BCUT2D eigenvalue weighted by Gasteiger charge is -2.39. The Bertz CT molecular complexity index is 974. The van der Waals surface area contributed by atoms with Gasteiger partial charge >= 0.3 is 0 Å². The minimum absolute atomic E-state index is 0.0956. The highest BCUT2D eigenvalue weighted by molar-refractivity contribution is 5.79. The number of amides is 1. The highest BCUT2D eigenvalue weighted by atomic mass is 19.1. The van der Waals surface area contributed by atoms with E-state index in [0.29, 0.717) is 13.0 Å². The van der Waals surface area contributed by atoms with Gasteiger partial charge in [-0.2, -0.15) is 0 Å². The summed E-state index contributed by atoms with van der Waals surface area (Å²) in [5.74, 6) is 0.637. The largest absolute Gasteiger partial charge is 0.491 e. The van der Waals surface area contributed by atoms with Crippen molar-refractivity contribution in [1.29, 1.82) is 0 Å². The predicted molar refractivity (Wildman–Crippen MR) is 142 cm³/mol. The second-order valence-electron chi connectivity index (χ2n) is 10.5. The van der Waals surface area contributed by atoms with E-state index < -0.39 is 0 Å². The predicted octanol–water partition coefficient (Wildman–Crippen LogP) is 5.19. The van der Waals surface area contributed by atoms with Gasteiger partial charge in [0.2, 0.25) is 5.91 Å². The van der Waals surface area contributed by atoms with Gasteiger partial charge in [-0.05, 0) is 75.4 Å². The highest BCUT2D eigenvalue weighted by Crippen LogP contribution is 2.23. The van der Waals surface area contributed by atoms with Gasteiger partial charge in [-0.3, -0.25) is 4.79 Å². The van der Waals surface area contributed by atoms with Crippen molar-refractivity contribution in [3.05, 3.63) is 65.5 Å². The summed E-state index contributed by atoms with van der Waals surface area (Å²) in [5, 5.41) is 0. The molecule has 6 nitrogen and oxygen atoms in total. The maximum absolute atomic E-state index is 13.6. The molecule has 37 heavy (non-hydrogen) atoms. The number of likely N-dealkylation sites (tertiary alicyclic amines) is 1. The molecule has 0 aliphatic carbocycles. The van der Waals surface area contributed by atoms with Crippen LogP contribution >= 0.6 is 0 Å². The molecule has 0 saturated carbocycles. The van der Waals surface area contributed by atoms with Gasteiger partial charge in [-0.15, -0.1) is 0 Å². The Morgan fingerprint density at radius 1 is 1.05 bits per heavy atom. The normalized spacial score (nSPS) is 21.2. The molecule has 2 atom stereocenters. The number of hydrogen-bond acceptors (Lipinski definition) is 5. The number of piperidine rings is 1. The molecule has 2 aromatic carbocycles. The summed E-state index contributed by atoms with van der Waals surface area (Å²) in [5.41, 5.74) is 1.91. The van der Waals surface area contributed by atoms with Gasteiger partial charge in [-0.1, -0.05) is 24.3 Å². The molecular formula is C30H41FN2O4. The molecule has 4 rings (SSSR count). The molecule has 2 fully saturated rings. The third-order valence-electron chi connectivity index (χ3n) is 7.13. The molecule has 2 heterocycles. The molecule has 0 radical (unpaired) electrons. The summed E-state index contributed by atoms with van der Waals surface area (Å²) >= 11 is 0. The Hall–Kier alpha value is -2.48. The molecular weight excluding hydrogens is 471 g/mol. The van der Waals surface area contributed by atoms with Gasteiger partial charge in [-0.25, -0.2) is 4.39 Å². The zero-order chi connectivity index (χ0) is 26.2. The summed E-state index contributed by atoms with van der Waals surface area (Å²) < 4.78 is 30.9. The number of ether oxygens (including phenoxy) is 3. The Kier molecular flexibility index (Phi) is 9.95. The smallest absolute Gasteiger partial charge is 0.227 e. The van der Waals surface area contributed by atoms with Gasteiger partial charge in [0.15, 0.2) is 6.29 Å². The summed E-state index contributed by atoms with van der Waals surface area (Å²) in [6, 6.07) is 14.4. The first-order chi connectivity index (χ1) is 17.9. The minimum atomic E-state index is -0.265. The van der Waals surface area contributed by atoms with Crippen molar-refractivity contribution >= 4 is 5.91 Å². The average Bonchev–Trinajstić information content (AvgIpc) is 2.88. The number of benzene rings is 2. The fourth-order valence-corrected chi connectivity index (χ4v) is 5.07. The maximum Gasteiger partial charge on any atom is 0.227 e. The van der Waals surface area contributed by atoms with Gasteiger partial charge in [0.1, 0.15) is 11.6 Å². The molecule has 2 aromatic rings. The standard InChI is InChI=1S/C30H41FN2O4/c1-22(2)36-28-10-6-24(7-11-28)20-29(34)33(21-25-4-8-26(31)9-5-25)27-12-16-32(17-13-27)18-14-30-35-19-15-23(3)37-30/h4-11,22-23,27,30H,12-21H2,1-3H3/t23-,30?/m0/s1. The number of halogens is 1. The number of rotatable bonds is 10. The van der Waals surface area contributed by atoms with Crippen LogP contribution in [0.3, 0.4) is 0 Å². The van der Waals surface area contributed by atoms with E-state index in [-0.39, 0.29) is 36.3 Å². The first-order valence-corrected chi connectivity index (χ1v) is 13.6. The van der Waals surface area contributed by atoms with Gasteiger partial charge < -0.3 is 24.0 Å². The third-order valence-corrected chi connectivity index (χ3v) is 7.13. The zero-order valence-corrected chi connectivity index (χ0v) is 22.4. The number of carbonyl (C=O) groups is 1. The highest BCUT2D eigenvalue weighted by Gasteiger charge is 2.29. The van der Waals surface area contributed by atoms with Crippen LogP contribution in [0.5, 0.6) is 5.75 Å². The van der Waals surface area contributed by atoms with Crippen molar-refractivity contribution < 1.29 is 23.4 Å². The monoisotopic (exact) mass is 512 g/mol. The Morgan fingerprint density at radius 2 is 1.73 bits per heavy atom. The first-order valence-electron chi connectivity index (χ1n) is 13.6. The molecule has 0 spiro atoms. The summed E-state index contributed by atoms with van der Waals surface area (Å²) in [4.78, 5) is 18.0. The summed E-state index contributed by atoms with van der Waals surface area (Å²) in [7, 11) is 0. The van der Waals surface area contributed by atoms with Crippen molar-refractivity contribution in [2.75, 3.05) is 26.2 Å². The van der Waals surface area contributed by atoms with E-state index >= 15 is 0 Å². The lowest BCUT2D eigenvalue weighted by molar-refractivity contribution is -0.211. The fraction of sp³-hybridized carbons (Fsp3) is 0.567. The van der Waals surface area contributed by atoms with Crippen LogP contribution in [0.2, 0.25) is 0 Å². The van der Waals surface area contributed by atoms with Crippen LogP contribution in [0, 0.1) is 5.82 Å². The molecule has 7 heteroatoms. The Morgan fingerprint density at radius 3 is 2.38 bits per heavy atom. The van der Waals surface area contributed by atoms with Crippen LogP contribution in [0.4, 0.5) is 4.39 Å². The van der Waals surface area contributed by atoms with Crippen molar-refractivity contribution in [1.82, 2.24) is 9.80 Å². The quantitative estimate of drug-likeness (QED) is 0.439. The van der Waals surface area contributed by atoms with Crippen molar-refractivity contribution in [2.45, 2.75) is 84.0 Å². The number of nitrogens with zero attached hydrogens (tertiary/aromatic N) is 2. The molecule has 0 bridgehead atoms. The van der Waals surface area contributed by atoms with E-state index in [1.165, 1.54) is 12.1 Å².